The number of thioether (sulfide) groups is 1. The maximum atomic E-state index is 9.14. The van der Waals surface area contributed by atoms with Crippen LogP contribution in [0.1, 0.15) is 40.0 Å². The Bertz CT molecular complexity index is 247. The number of nitrogens with one attached hydrogen (secondary N) is 2. The molecule has 0 rings (SSSR count). The Hall–Kier alpha value is -0.420. The standard InChI is InChI=1S/C15H33N3OS/c1-5-16-15(17-8-6-10-20-4)18-12-14(7-9-19)11-13(2)3/h13-14,19H,5-12H2,1-4H3,(H2,16,17,18). The molecular weight excluding hydrogens is 270 g/mol. The van der Waals surface area contributed by atoms with Gasteiger partial charge in [0.15, 0.2) is 5.96 Å². The molecule has 3 N–H and O–H groups in total. The van der Waals surface area contributed by atoms with Gasteiger partial charge in [-0.15, -0.1) is 0 Å². The zero-order valence-corrected chi connectivity index (χ0v) is 14.4. The van der Waals surface area contributed by atoms with E-state index < -0.39 is 0 Å². The second kappa shape index (κ2) is 13.6. The molecule has 4 nitrogen and oxygen atoms in total. The molecule has 20 heavy (non-hydrogen) atoms. The van der Waals surface area contributed by atoms with Crippen LogP contribution in [0.2, 0.25) is 0 Å². The average molecular weight is 304 g/mol. The first kappa shape index (κ1) is 19.6. The highest BCUT2D eigenvalue weighted by Gasteiger charge is 2.10. The Morgan fingerprint density at radius 2 is 2.05 bits per heavy atom. The van der Waals surface area contributed by atoms with Crippen LogP contribution in [0.3, 0.4) is 0 Å². The smallest absolute Gasteiger partial charge is 0.191 e. The van der Waals surface area contributed by atoms with E-state index in [1.807, 2.05) is 11.8 Å². The second-order valence-electron chi connectivity index (χ2n) is 5.50. The molecular formula is C15H33N3OS. The Kier molecular flexibility index (Phi) is 13.3. The van der Waals surface area contributed by atoms with E-state index in [0.717, 1.165) is 44.9 Å². The van der Waals surface area contributed by atoms with Crippen molar-refractivity contribution in [3.8, 4) is 0 Å². The van der Waals surface area contributed by atoms with Gasteiger partial charge >= 0.3 is 0 Å². The monoisotopic (exact) mass is 303 g/mol. The molecule has 0 aromatic carbocycles. The number of aliphatic hydroxyl groups excluding tert-OH is 1. The maximum Gasteiger partial charge on any atom is 0.191 e. The normalized spacial score (nSPS) is 13.6. The van der Waals surface area contributed by atoms with E-state index >= 15 is 0 Å². The van der Waals surface area contributed by atoms with Crippen LogP contribution in [0.4, 0.5) is 0 Å². The lowest BCUT2D eigenvalue weighted by molar-refractivity contribution is 0.245. The summed E-state index contributed by atoms with van der Waals surface area (Å²) in [5, 5.41) is 15.8. The summed E-state index contributed by atoms with van der Waals surface area (Å²) in [5.74, 6) is 3.20. The van der Waals surface area contributed by atoms with E-state index in [2.05, 4.69) is 42.7 Å². The quantitative estimate of drug-likeness (QED) is 0.311. The van der Waals surface area contributed by atoms with Crippen LogP contribution in [0.25, 0.3) is 0 Å². The van der Waals surface area contributed by atoms with Gasteiger partial charge in [-0.05, 0) is 50.0 Å². The second-order valence-corrected chi connectivity index (χ2v) is 6.49. The summed E-state index contributed by atoms with van der Waals surface area (Å²) in [5.41, 5.74) is 0. The van der Waals surface area contributed by atoms with Crippen molar-refractivity contribution in [1.29, 1.82) is 0 Å². The summed E-state index contributed by atoms with van der Waals surface area (Å²) >= 11 is 1.87. The third kappa shape index (κ3) is 11.4. The Balaban J connectivity index is 4.24. The molecule has 0 spiro atoms. The first-order valence-electron chi connectivity index (χ1n) is 7.75. The van der Waals surface area contributed by atoms with E-state index in [4.69, 9.17) is 5.11 Å². The van der Waals surface area contributed by atoms with Gasteiger partial charge < -0.3 is 15.7 Å². The first-order chi connectivity index (χ1) is 9.63. The van der Waals surface area contributed by atoms with Crippen LogP contribution in [-0.4, -0.2) is 49.3 Å². The van der Waals surface area contributed by atoms with Gasteiger partial charge in [0.05, 0.1) is 0 Å². The fourth-order valence-corrected chi connectivity index (χ4v) is 2.55. The molecule has 120 valence electrons. The topological polar surface area (TPSA) is 56.7 Å². The van der Waals surface area contributed by atoms with Crippen LogP contribution in [-0.2, 0) is 0 Å². The van der Waals surface area contributed by atoms with Gasteiger partial charge in [-0.1, -0.05) is 13.8 Å². The molecule has 1 unspecified atom stereocenters. The highest BCUT2D eigenvalue weighted by Crippen LogP contribution is 2.15. The van der Waals surface area contributed by atoms with Gasteiger partial charge in [0, 0.05) is 26.2 Å². The largest absolute Gasteiger partial charge is 0.396 e. The summed E-state index contributed by atoms with van der Waals surface area (Å²) in [6.45, 7) is 9.41. The molecule has 0 bridgehead atoms. The van der Waals surface area contributed by atoms with Crippen molar-refractivity contribution in [3.05, 3.63) is 0 Å². The Labute approximate surface area is 129 Å². The summed E-state index contributed by atoms with van der Waals surface area (Å²) < 4.78 is 0. The molecule has 0 radical (unpaired) electrons. The predicted octanol–water partition coefficient (Wildman–Crippen LogP) is 2.34. The third-order valence-corrected chi connectivity index (χ3v) is 3.71. The zero-order valence-electron chi connectivity index (χ0n) is 13.6. The molecule has 0 saturated heterocycles. The molecule has 0 aliphatic carbocycles. The minimum atomic E-state index is 0.255. The number of aliphatic imine (C=N–C) groups is 1. The molecule has 0 saturated carbocycles. The van der Waals surface area contributed by atoms with Gasteiger partial charge in [-0.25, -0.2) is 0 Å². The van der Waals surface area contributed by atoms with Crippen molar-refractivity contribution in [2.45, 2.75) is 40.0 Å². The number of hydrogen-bond donors (Lipinski definition) is 3. The van der Waals surface area contributed by atoms with Gasteiger partial charge in [0.2, 0.25) is 0 Å². The van der Waals surface area contributed by atoms with Gasteiger partial charge in [-0.2, -0.15) is 11.8 Å². The molecule has 1 atom stereocenters. The molecule has 0 fully saturated rings. The van der Waals surface area contributed by atoms with Crippen LogP contribution < -0.4 is 10.6 Å². The lowest BCUT2D eigenvalue weighted by atomic mass is 9.94. The summed E-state index contributed by atoms with van der Waals surface area (Å²) in [4.78, 5) is 4.66. The molecule has 0 aliphatic rings. The molecule has 0 aromatic heterocycles. The molecule has 0 aromatic rings. The summed E-state index contributed by atoms with van der Waals surface area (Å²) in [6.07, 6.45) is 5.24. The summed E-state index contributed by atoms with van der Waals surface area (Å²) in [7, 11) is 0. The Morgan fingerprint density at radius 3 is 2.60 bits per heavy atom. The number of guanidine groups is 1. The van der Waals surface area contributed by atoms with Gasteiger partial charge in [0.1, 0.15) is 0 Å². The van der Waals surface area contributed by atoms with E-state index in [1.165, 1.54) is 5.75 Å². The highest BCUT2D eigenvalue weighted by molar-refractivity contribution is 7.98. The van der Waals surface area contributed by atoms with Crippen LogP contribution >= 0.6 is 11.8 Å². The number of nitrogens with zero attached hydrogens (tertiary/aromatic N) is 1. The van der Waals surface area contributed by atoms with E-state index in [0.29, 0.717) is 11.8 Å². The predicted molar refractivity (Wildman–Crippen MR) is 91.6 cm³/mol. The minimum absolute atomic E-state index is 0.255. The van der Waals surface area contributed by atoms with E-state index in [-0.39, 0.29) is 6.61 Å². The number of rotatable bonds is 11. The van der Waals surface area contributed by atoms with Crippen molar-refractivity contribution in [3.63, 3.8) is 0 Å². The SMILES string of the molecule is CCNC(=NCC(CCO)CC(C)C)NCCCSC. The number of aliphatic hydroxyl groups is 1. The van der Waals surface area contributed by atoms with Crippen molar-refractivity contribution in [2.75, 3.05) is 38.2 Å². The molecule has 0 heterocycles. The van der Waals surface area contributed by atoms with E-state index in [9.17, 15) is 0 Å². The van der Waals surface area contributed by atoms with Gasteiger partial charge in [0.25, 0.3) is 0 Å². The first-order valence-corrected chi connectivity index (χ1v) is 9.15. The fraction of sp³-hybridized carbons (Fsp3) is 0.933. The third-order valence-electron chi connectivity index (χ3n) is 3.01. The fourth-order valence-electron chi connectivity index (χ4n) is 2.12. The molecule has 5 heteroatoms. The van der Waals surface area contributed by atoms with Crippen molar-refractivity contribution >= 4 is 17.7 Å². The molecule has 0 amide bonds. The Morgan fingerprint density at radius 1 is 1.30 bits per heavy atom. The van der Waals surface area contributed by atoms with Crippen LogP contribution in [0.5, 0.6) is 0 Å². The lowest BCUT2D eigenvalue weighted by Gasteiger charge is -2.17. The summed E-state index contributed by atoms with van der Waals surface area (Å²) in [6, 6.07) is 0. The van der Waals surface area contributed by atoms with Crippen molar-refractivity contribution in [2.24, 2.45) is 16.8 Å². The van der Waals surface area contributed by atoms with E-state index in [1.54, 1.807) is 0 Å². The number of hydrogen-bond acceptors (Lipinski definition) is 3. The zero-order chi connectivity index (χ0) is 15.2. The lowest BCUT2D eigenvalue weighted by Crippen LogP contribution is -2.38. The van der Waals surface area contributed by atoms with Crippen molar-refractivity contribution in [1.82, 2.24) is 10.6 Å². The molecule has 0 aliphatic heterocycles. The van der Waals surface area contributed by atoms with Gasteiger partial charge in [-0.3, -0.25) is 4.99 Å². The van der Waals surface area contributed by atoms with Crippen LogP contribution in [0, 0.1) is 11.8 Å². The average Bonchev–Trinajstić information content (AvgIpc) is 2.40. The van der Waals surface area contributed by atoms with Crippen LogP contribution in [0.15, 0.2) is 4.99 Å². The maximum absolute atomic E-state index is 9.14. The highest BCUT2D eigenvalue weighted by atomic mass is 32.2. The minimum Gasteiger partial charge on any atom is -0.396 e. The van der Waals surface area contributed by atoms with Crippen molar-refractivity contribution < 1.29 is 5.11 Å².